The van der Waals surface area contributed by atoms with E-state index >= 15 is 0 Å². The van der Waals surface area contributed by atoms with E-state index in [0.29, 0.717) is 17.7 Å². The van der Waals surface area contributed by atoms with Crippen molar-refractivity contribution in [1.82, 2.24) is 5.32 Å². The largest absolute Gasteiger partial charge is 0.508 e. The van der Waals surface area contributed by atoms with Crippen LogP contribution in [0.2, 0.25) is 0 Å². The number of hydrogen-bond acceptors (Lipinski definition) is 3. The van der Waals surface area contributed by atoms with E-state index in [1.54, 1.807) is 12.1 Å². The molecule has 2 unspecified atom stereocenters. The van der Waals surface area contributed by atoms with E-state index in [9.17, 15) is 5.11 Å². The smallest absolute Gasteiger partial charge is 0.115 e. The molecule has 4 N–H and O–H groups in total. The Morgan fingerprint density at radius 3 is 2.36 bits per heavy atom. The highest BCUT2D eigenvalue weighted by atomic mass is 16.3. The van der Waals surface area contributed by atoms with Gasteiger partial charge >= 0.3 is 0 Å². The molecule has 0 aliphatic carbocycles. The van der Waals surface area contributed by atoms with Gasteiger partial charge in [-0.1, -0.05) is 68.5 Å². The second-order valence-electron chi connectivity index (χ2n) is 7.04. The van der Waals surface area contributed by atoms with Gasteiger partial charge in [-0.05, 0) is 42.0 Å². The predicted molar refractivity (Wildman–Crippen MR) is 107 cm³/mol. The molecule has 2 rings (SSSR count). The highest BCUT2D eigenvalue weighted by molar-refractivity contribution is 5.49. The van der Waals surface area contributed by atoms with Crippen LogP contribution in [0, 0.1) is 5.92 Å². The van der Waals surface area contributed by atoms with Crippen LogP contribution in [0.4, 0.5) is 0 Å². The van der Waals surface area contributed by atoms with Crippen LogP contribution in [0.1, 0.15) is 31.4 Å². The van der Waals surface area contributed by atoms with Crippen LogP contribution in [-0.4, -0.2) is 23.7 Å². The molecule has 0 fully saturated rings. The molecule has 2 aromatic rings. The van der Waals surface area contributed by atoms with Crippen LogP contribution in [0.25, 0.3) is 6.08 Å². The van der Waals surface area contributed by atoms with Crippen molar-refractivity contribution >= 4 is 6.08 Å². The van der Waals surface area contributed by atoms with Gasteiger partial charge in [-0.25, -0.2) is 0 Å². The van der Waals surface area contributed by atoms with Crippen LogP contribution in [0.5, 0.6) is 5.75 Å². The molecule has 0 aliphatic heterocycles. The predicted octanol–water partition coefficient (Wildman–Crippen LogP) is 3.98. The van der Waals surface area contributed by atoms with Crippen molar-refractivity contribution in [3.05, 3.63) is 71.8 Å². The minimum Gasteiger partial charge on any atom is -0.508 e. The summed E-state index contributed by atoms with van der Waals surface area (Å²) in [6.45, 7) is 5.24. The van der Waals surface area contributed by atoms with Crippen molar-refractivity contribution < 1.29 is 5.11 Å². The number of phenolic OH excluding ortho intramolecular Hbond substituents is 1. The lowest BCUT2D eigenvalue weighted by Crippen LogP contribution is -2.40. The summed E-state index contributed by atoms with van der Waals surface area (Å²) in [4.78, 5) is 0. The van der Waals surface area contributed by atoms with Gasteiger partial charge in [0.25, 0.3) is 0 Å². The second kappa shape index (κ2) is 10.0. The van der Waals surface area contributed by atoms with Gasteiger partial charge in [-0.15, -0.1) is 0 Å². The number of phenols is 1. The summed E-state index contributed by atoms with van der Waals surface area (Å²) in [7, 11) is 0. The van der Waals surface area contributed by atoms with Crippen LogP contribution >= 0.6 is 0 Å². The van der Waals surface area contributed by atoms with E-state index < -0.39 is 0 Å². The lowest BCUT2D eigenvalue weighted by molar-refractivity contribution is 0.453. The molecule has 0 spiro atoms. The molecule has 0 saturated carbocycles. The molecule has 3 heteroatoms. The van der Waals surface area contributed by atoms with Crippen molar-refractivity contribution in [2.75, 3.05) is 6.54 Å². The van der Waals surface area contributed by atoms with E-state index in [-0.39, 0.29) is 6.04 Å². The molecule has 0 amide bonds. The average molecular weight is 338 g/mol. The Balaban J connectivity index is 1.88. The number of hydrogen-bond donors (Lipinski definition) is 3. The van der Waals surface area contributed by atoms with Crippen molar-refractivity contribution in [3.63, 3.8) is 0 Å². The van der Waals surface area contributed by atoms with Crippen LogP contribution in [0.15, 0.2) is 60.7 Å². The van der Waals surface area contributed by atoms with Gasteiger partial charge in [0.1, 0.15) is 5.75 Å². The summed E-state index contributed by atoms with van der Waals surface area (Å²) < 4.78 is 0. The number of benzene rings is 2. The maximum absolute atomic E-state index is 9.35. The molecular formula is C22H30N2O. The minimum absolute atomic E-state index is 0.0457. The van der Waals surface area contributed by atoms with E-state index in [4.69, 9.17) is 5.73 Å². The monoisotopic (exact) mass is 338 g/mol. The average Bonchev–Trinajstić information content (AvgIpc) is 2.60. The van der Waals surface area contributed by atoms with Gasteiger partial charge in [0, 0.05) is 18.6 Å². The van der Waals surface area contributed by atoms with Crippen LogP contribution in [-0.2, 0) is 6.42 Å². The Morgan fingerprint density at radius 2 is 1.72 bits per heavy atom. The van der Waals surface area contributed by atoms with Gasteiger partial charge < -0.3 is 16.2 Å². The van der Waals surface area contributed by atoms with E-state index in [0.717, 1.165) is 24.9 Å². The quantitative estimate of drug-likeness (QED) is 0.648. The molecule has 2 aromatic carbocycles. The second-order valence-corrected chi connectivity index (χ2v) is 7.04. The maximum atomic E-state index is 9.35. The number of aromatic hydroxyl groups is 1. The molecule has 134 valence electrons. The highest BCUT2D eigenvalue weighted by Gasteiger charge is 2.10. The number of nitrogens with two attached hydrogens (primary N) is 1. The van der Waals surface area contributed by atoms with Crippen molar-refractivity contribution in [2.45, 2.75) is 38.8 Å². The van der Waals surface area contributed by atoms with E-state index in [1.165, 1.54) is 5.56 Å². The van der Waals surface area contributed by atoms with Crippen molar-refractivity contribution in [3.8, 4) is 5.75 Å². The zero-order valence-corrected chi connectivity index (χ0v) is 15.2. The lowest BCUT2D eigenvalue weighted by atomic mass is 10.0. The molecule has 0 radical (unpaired) electrons. The Kier molecular flexibility index (Phi) is 7.71. The molecule has 0 aliphatic rings. The fraction of sp³-hybridized carbons (Fsp3) is 0.364. The zero-order valence-electron chi connectivity index (χ0n) is 15.2. The molecule has 0 heterocycles. The summed E-state index contributed by atoms with van der Waals surface area (Å²) in [5, 5.41) is 12.9. The fourth-order valence-electron chi connectivity index (χ4n) is 2.84. The fourth-order valence-corrected chi connectivity index (χ4v) is 2.84. The summed E-state index contributed by atoms with van der Waals surface area (Å²) in [6.07, 6.45) is 6.29. The molecule has 0 bridgehead atoms. The SMILES string of the molecule is CC(C)CC(C=Cc1ccccc1)NCC(N)Cc1ccc(O)cc1. The maximum Gasteiger partial charge on any atom is 0.115 e. The number of nitrogens with one attached hydrogen (secondary N) is 1. The summed E-state index contributed by atoms with van der Waals surface area (Å²) >= 11 is 0. The van der Waals surface area contributed by atoms with E-state index in [2.05, 4.69) is 55.6 Å². The van der Waals surface area contributed by atoms with Gasteiger partial charge in [-0.3, -0.25) is 0 Å². The first-order valence-corrected chi connectivity index (χ1v) is 9.03. The highest BCUT2D eigenvalue weighted by Crippen LogP contribution is 2.12. The Hall–Kier alpha value is -2.10. The topological polar surface area (TPSA) is 58.3 Å². The number of rotatable bonds is 9. The Morgan fingerprint density at radius 1 is 1.04 bits per heavy atom. The normalized spacial score (nSPS) is 14.1. The third-order valence-electron chi connectivity index (χ3n) is 4.12. The van der Waals surface area contributed by atoms with E-state index in [1.807, 2.05) is 18.2 Å². The molecule has 25 heavy (non-hydrogen) atoms. The third-order valence-corrected chi connectivity index (χ3v) is 4.12. The minimum atomic E-state index is 0.0457. The first kappa shape index (κ1) is 19.2. The third kappa shape index (κ3) is 7.55. The molecular weight excluding hydrogens is 308 g/mol. The standard InChI is InChI=1S/C22H30N2O/c1-17(2)14-21(11-8-18-6-4-3-5-7-18)24-16-20(23)15-19-9-12-22(25)13-10-19/h3-13,17,20-21,24-25H,14-16,23H2,1-2H3. The van der Waals surface area contributed by atoms with Gasteiger partial charge in [0.15, 0.2) is 0 Å². The molecule has 3 nitrogen and oxygen atoms in total. The van der Waals surface area contributed by atoms with Gasteiger partial charge in [0.05, 0.1) is 0 Å². The Labute approximate surface area is 151 Å². The molecule has 2 atom stereocenters. The van der Waals surface area contributed by atoms with Gasteiger partial charge in [-0.2, -0.15) is 0 Å². The van der Waals surface area contributed by atoms with Crippen LogP contribution < -0.4 is 11.1 Å². The summed E-state index contributed by atoms with van der Waals surface area (Å²) in [5.74, 6) is 0.907. The first-order valence-electron chi connectivity index (χ1n) is 9.03. The van der Waals surface area contributed by atoms with Crippen molar-refractivity contribution in [1.29, 1.82) is 0 Å². The van der Waals surface area contributed by atoms with Gasteiger partial charge in [0.2, 0.25) is 0 Å². The zero-order chi connectivity index (χ0) is 18.1. The van der Waals surface area contributed by atoms with Crippen LogP contribution in [0.3, 0.4) is 0 Å². The summed E-state index contributed by atoms with van der Waals surface area (Å²) in [5.41, 5.74) is 8.64. The van der Waals surface area contributed by atoms with Crippen molar-refractivity contribution in [2.24, 2.45) is 11.7 Å². The molecule has 0 saturated heterocycles. The lowest BCUT2D eigenvalue weighted by Gasteiger charge is -2.20. The summed E-state index contributed by atoms with van der Waals surface area (Å²) in [6, 6.07) is 18.0. The first-order chi connectivity index (χ1) is 12.0. The Bertz CT molecular complexity index is 635. The molecule has 0 aromatic heterocycles.